The van der Waals surface area contributed by atoms with Crippen molar-refractivity contribution in [2.24, 2.45) is 0 Å². The van der Waals surface area contributed by atoms with Gasteiger partial charge in [-0.25, -0.2) is 4.79 Å². The zero-order chi connectivity index (χ0) is 21.7. The Morgan fingerprint density at radius 2 is 1.59 bits per heavy atom. The Kier molecular flexibility index (Phi) is 6.60. The van der Waals surface area contributed by atoms with Gasteiger partial charge in [0.25, 0.3) is 17.3 Å². The lowest BCUT2D eigenvalue weighted by Crippen LogP contribution is -2.30. The number of ether oxygens (including phenoxy) is 1. The van der Waals surface area contributed by atoms with Crippen molar-refractivity contribution in [2.75, 3.05) is 5.32 Å². The van der Waals surface area contributed by atoms with E-state index in [1.807, 2.05) is 19.1 Å². The predicted molar refractivity (Wildman–Crippen MR) is 104 cm³/mol. The van der Waals surface area contributed by atoms with E-state index in [-0.39, 0.29) is 11.1 Å². The van der Waals surface area contributed by atoms with Crippen LogP contribution in [-0.2, 0) is 16.0 Å². The largest absolute Gasteiger partial charge is 0.449 e. The second kappa shape index (κ2) is 8.91. The Morgan fingerprint density at radius 3 is 2.03 bits per heavy atom. The highest BCUT2D eigenvalue weighted by Crippen LogP contribution is 2.29. The van der Waals surface area contributed by atoms with Crippen LogP contribution in [0.5, 0.6) is 0 Å². The van der Waals surface area contributed by atoms with Crippen LogP contribution in [0.1, 0.15) is 35.3 Å². The standard InChI is InChI=1S/C19H19N3O7/c1-4-13-5-7-15(8-6-13)20-18(23)12(3)29-19(24)14-9-16(21(25)26)11(2)17(10-14)22(27)28/h5-10,12H,4H2,1-3H3,(H,20,23)/t12-/m0/s1. The van der Waals surface area contributed by atoms with Crippen LogP contribution >= 0.6 is 0 Å². The van der Waals surface area contributed by atoms with Crippen LogP contribution in [0.15, 0.2) is 36.4 Å². The van der Waals surface area contributed by atoms with E-state index < -0.39 is 39.2 Å². The third-order valence-corrected chi connectivity index (χ3v) is 4.26. The van der Waals surface area contributed by atoms with Gasteiger partial charge in [0.15, 0.2) is 6.10 Å². The van der Waals surface area contributed by atoms with Gasteiger partial charge in [-0.05, 0) is 38.0 Å². The number of nitrogens with one attached hydrogen (secondary N) is 1. The van der Waals surface area contributed by atoms with Gasteiger partial charge >= 0.3 is 5.97 Å². The smallest absolute Gasteiger partial charge is 0.339 e. The number of hydrogen-bond acceptors (Lipinski definition) is 7. The van der Waals surface area contributed by atoms with Gasteiger partial charge in [0, 0.05) is 17.8 Å². The lowest BCUT2D eigenvalue weighted by Gasteiger charge is -2.14. The number of benzene rings is 2. The number of nitro benzene ring substituents is 2. The van der Waals surface area contributed by atoms with Crippen molar-refractivity contribution in [3.63, 3.8) is 0 Å². The van der Waals surface area contributed by atoms with Crippen molar-refractivity contribution in [2.45, 2.75) is 33.3 Å². The van der Waals surface area contributed by atoms with Crippen molar-refractivity contribution in [1.29, 1.82) is 0 Å². The Balaban J connectivity index is 2.16. The van der Waals surface area contributed by atoms with Crippen molar-refractivity contribution in [3.8, 4) is 0 Å². The fourth-order valence-electron chi connectivity index (χ4n) is 2.53. The van der Waals surface area contributed by atoms with Gasteiger partial charge in [0.2, 0.25) is 0 Å². The molecule has 10 nitrogen and oxygen atoms in total. The maximum atomic E-state index is 12.3. The molecule has 0 radical (unpaired) electrons. The summed E-state index contributed by atoms with van der Waals surface area (Å²) in [7, 11) is 0. The van der Waals surface area contributed by atoms with Crippen LogP contribution in [0.25, 0.3) is 0 Å². The van der Waals surface area contributed by atoms with Gasteiger partial charge in [0.1, 0.15) is 5.56 Å². The summed E-state index contributed by atoms with van der Waals surface area (Å²) < 4.78 is 5.03. The van der Waals surface area contributed by atoms with E-state index in [0.717, 1.165) is 24.1 Å². The molecule has 2 rings (SSSR count). The second-order valence-corrected chi connectivity index (χ2v) is 6.24. The number of nitro groups is 2. The fourth-order valence-corrected chi connectivity index (χ4v) is 2.53. The summed E-state index contributed by atoms with van der Waals surface area (Å²) in [5.74, 6) is -1.70. The average Bonchev–Trinajstić information content (AvgIpc) is 2.68. The van der Waals surface area contributed by atoms with E-state index in [0.29, 0.717) is 5.69 Å². The SMILES string of the molecule is CCc1ccc(NC(=O)[C@H](C)OC(=O)c2cc([N+](=O)[O-])c(C)c([N+](=O)[O-])c2)cc1. The minimum atomic E-state index is -1.23. The molecule has 0 saturated carbocycles. The number of amides is 1. The molecular formula is C19H19N3O7. The minimum absolute atomic E-state index is 0.183. The maximum Gasteiger partial charge on any atom is 0.339 e. The van der Waals surface area contributed by atoms with Gasteiger partial charge in [-0.3, -0.25) is 25.0 Å². The monoisotopic (exact) mass is 401 g/mol. The van der Waals surface area contributed by atoms with E-state index in [1.165, 1.54) is 13.8 Å². The molecule has 0 spiro atoms. The van der Waals surface area contributed by atoms with E-state index in [9.17, 15) is 29.8 Å². The summed E-state index contributed by atoms with van der Waals surface area (Å²) in [6.07, 6.45) is -0.385. The highest BCUT2D eigenvalue weighted by Gasteiger charge is 2.27. The molecule has 152 valence electrons. The zero-order valence-electron chi connectivity index (χ0n) is 16.0. The van der Waals surface area contributed by atoms with E-state index in [4.69, 9.17) is 4.74 Å². The second-order valence-electron chi connectivity index (χ2n) is 6.24. The summed E-state index contributed by atoms with van der Waals surface area (Å²) in [4.78, 5) is 45.1. The Bertz CT molecular complexity index is 935. The fraction of sp³-hybridized carbons (Fsp3) is 0.263. The van der Waals surface area contributed by atoms with E-state index in [1.54, 1.807) is 12.1 Å². The van der Waals surface area contributed by atoms with Gasteiger partial charge in [-0.1, -0.05) is 19.1 Å². The Morgan fingerprint density at radius 1 is 1.07 bits per heavy atom. The summed E-state index contributed by atoms with van der Waals surface area (Å²) in [5, 5.41) is 24.8. The molecule has 1 atom stereocenters. The maximum absolute atomic E-state index is 12.3. The van der Waals surface area contributed by atoms with Crippen molar-refractivity contribution < 1.29 is 24.2 Å². The molecule has 0 aromatic heterocycles. The third kappa shape index (κ3) is 5.12. The van der Waals surface area contributed by atoms with Crippen molar-refractivity contribution >= 4 is 28.9 Å². The average molecular weight is 401 g/mol. The number of aryl methyl sites for hydroxylation is 1. The molecule has 29 heavy (non-hydrogen) atoms. The van der Waals surface area contributed by atoms with Crippen LogP contribution < -0.4 is 5.32 Å². The number of esters is 1. The van der Waals surface area contributed by atoms with Gasteiger partial charge in [0.05, 0.1) is 15.4 Å². The highest BCUT2D eigenvalue weighted by molar-refractivity contribution is 5.98. The van der Waals surface area contributed by atoms with Gasteiger partial charge in [-0.15, -0.1) is 0 Å². The highest BCUT2D eigenvalue weighted by atomic mass is 16.6. The molecule has 2 aromatic carbocycles. The molecule has 10 heteroatoms. The molecule has 1 amide bonds. The van der Waals surface area contributed by atoms with Crippen molar-refractivity contribution in [3.05, 3.63) is 73.3 Å². The first-order chi connectivity index (χ1) is 13.6. The number of hydrogen-bond donors (Lipinski definition) is 1. The quantitative estimate of drug-likeness (QED) is 0.424. The lowest BCUT2D eigenvalue weighted by atomic mass is 10.1. The van der Waals surface area contributed by atoms with Crippen LogP contribution in [0.2, 0.25) is 0 Å². The summed E-state index contributed by atoms with van der Waals surface area (Å²) in [6, 6.07) is 8.88. The molecule has 0 unspecified atom stereocenters. The molecule has 1 N–H and O–H groups in total. The molecule has 0 aliphatic heterocycles. The number of rotatable bonds is 7. The number of nitrogens with zero attached hydrogens (tertiary/aromatic N) is 2. The normalized spacial score (nSPS) is 11.4. The van der Waals surface area contributed by atoms with E-state index in [2.05, 4.69) is 5.32 Å². The molecule has 0 aliphatic rings. The Hall–Kier alpha value is -3.82. The molecule has 0 bridgehead atoms. The van der Waals surface area contributed by atoms with Crippen molar-refractivity contribution in [1.82, 2.24) is 0 Å². The molecule has 0 aliphatic carbocycles. The van der Waals surface area contributed by atoms with Crippen LogP contribution in [-0.4, -0.2) is 27.8 Å². The number of anilines is 1. The first-order valence-corrected chi connectivity index (χ1v) is 8.68. The molecule has 0 saturated heterocycles. The summed E-state index contributed by atoms with van der Waals surface area (Å²) in [5.41, 5.74) is -0.140. The molecule has 0 heterocycles. The topological polar surface area (TPSA) is 142 Å². The first kappa shape index (κ1) is 21.5. The predicted octanol–water partition coefficient (Wildman–Crippen LogP) is 3.56. The molecule has 2 aromatic rings. The lowest BCUT2D eigenvalue weighted by molar-refractivity contribution is -0.395. The van der Waals surface area contributed by atoms with E-state index >= 15 is 0 Å². The summed E-state index contributed by atoms with van der Waals surface area (Å²) in [6.45, 7) is 4.53. The Labute approximate surface area is 165 Å². The number of carbonyl (C=O) groups excluding carboxylic acids is 2. The van der Waals surface area contributed by atoms with Crippen LogP contribution in [0.4, 0.5) is 17.1 Å². The third-order valence-electron chi connectivity index (χ3n) is 4.26. The molecule has 0 fully saturated rings. The van der Waals surface area contributed by atoms with Gasteiger partial charge in [-0.2, -0.15) is 0 Å². The minimum Gasteiger partial charge on any atom is -0.449 e. The van der Waals surface area contributed by atoms with Crippen LogP contribution in [0.3, 0.4) is 0 Å². The zero-order valence-corrected chi connectivity index (χ0v) is 16.0. The summed E-state index contributed by atoms with van der Waals surface area (Å²) >= 11 is 0. The van der Waals surface area contributed by atoms with Crippen LogP contribution in [0, 0.1) is 27.2 Å². The van der Waals surface area contributed by atoms with Gasteiger partial charge < -0.3 is 10.1 Å². The number of carbonyl (C=O) groups is 2. The first-order valence-electron chi connectivity index (χ1n) is 8.68. The molecular weight excluding hydrogens is 382 g/mol.